The molecular formula is C17H17FN6O3S. The van der Waals surface area contributed by atoms with Gasteiger partial charge in [0, 0.05) is 0 Å². The standard InChI is InChI=1S/C17H17FN6O3S/c1-11(21-28(26,27)14-6-4-3-5-7-14)17(25)19-16-10-13(8-9-15(16)18)24-12(2)20-22-23-24/h3-11,21H,1-2H3,(H,19,25)/t11-/m0/s1. The van der Waals surface area contributed by atoms with Crippen molar-refractivity contribution in [3.63, 3.8) is 0 Å². The van der Waals surface area contributed by atoms with E-state index in [2.05, 4.69) is 25.6 Å². The van der Waals surface area contributed by atoms with Crippen molar-refractivity contribution < 1.29 is 17.6 Å². The summed E-state index contributed by atoms with van der Waals surface area (Å²) in [5, 5.41) is 13.4. The molecule has 0 aliphatic heterocycles. The molecule has 1 aromatic heterocycles. The molecule has 1 heterocycles. The minimum absolute atomic E-state index is 0.0250. The first-order valence-electron chi connectivity index (χ1n) is 8.21. The number of aryl methyl sites for hydroxylation is 1. The van der Waals surface area contributed by atoms with Crippen LogP contribution in [-0.2, 0) is 14.8 Å². The summed E-state index contributed by atoms with van der Waals surface area (Å²) in [6.45, 7) is 3.03. The van der Waals surface area contributed by atoms with Crippen molar-refractivity contribution in [2.24, 2.45) is 0 Å². The summed E-state index contributed by atoms with van der Waals surface area (Å²) < 4.78 is 42.4. The molecule has 0 aliphatic carbocycles. The summed E-state index contributed by atoms with van der Waals surface area (Å²) in [5.41, 5.74) is 0.319. The molecule has 0 saturated heterocycles. The van der Waals surface area contributed by atoms with E-state index in [1.165, 1.54) is 35.9 Å². The zero-order chi connectivity index (χ0) is 20.3. The van der Waals surface area contributed by atoms with Crippen molar-refractivity contribution >= 4 is 21.6 Å². The number of sulfonamides is 1. The van der Waals surface area contributed by atoms with Crippen molar-refractivity contribution in [1.82, 2.24) is 24.9 Å². The summed E-state index contributed by atoms with van der Waals surface area (Å²) in [6, 6.07) is 10.5. The lowest BCUT2D eigenvalue weighted by Gasteiger charge is -2.15. The smallest absolute Gasteiger partial charge is 0.242 e. The zero-order valence-corrected chi connectivity index (χ0v) is 15.8. The normalized spacial score (nSPS) is 12.5. The summed E-state index contributed by atoms with van der Waals surface area (Å²) in [6.07, 6.45) is 0. The molecule has 1 amide bonds. The van der Waals surface area contributed by atoms with E-state index in [1.807, 2.05) is 0 Å². The Balaban J connectivity index is 1.76. The number of halogens is 1. The van der Waals surface area contributed by atoms with Gasteiger partial charge in [0.2, 0.25) is 15.9 Å². The van der Waals surface area contributed by atoms with Crippen LogP contribution in [0.25, 0.3) is 5.69 Å². The highest BCUT2D eigenvalue weighted by atomic mass is 32.2. The van der Waals surface area contributed by atoms with Crippen LogP contribution in [0.4, 0.5) is 10.1 Å². The second kappa shape index (κ2) is 7.82. The molecule has 0 unspecified atom stereocenters. The lowest BCUT2D eigenvalue weighted by Crippen LogP contribution is -2.41. The van der Waals surface area contributed by atoms with Gasteiger partial charge in [0.25, 0.3) is 0 Å². The van der Waals surface area contributed by atoms with Crippen LogP contribution in [0.3, 0.4) is 0 Å². The van der Waals surface area contributed by atoms with Gasteiger partial charge in [0.05, 0.1) is 22.3 Å². The fourth-order valence-electron chi connectivity index (χ4n) is 2.41. The number of hydrogen-bond acceptors (Lipinski definition) is 6. The first-order chi connectivity index (χ1) is 13.3. The number of anilines is 1. The predicted octanol–water partition coefficient (Wildman–Crippen LogP) is 1.42. The molecule has 2 N–H and O–H groups in total. The van der Waals surface area contributed by atoms with Gasteiger partial charge in [0.1, 0.15) is 5.82 Å². The molecule has 2 aromatic carbocycles. The van der Waals surface area contributed by atoms with E-state index in [1.54, 1.807) is 25.1 Å². The third kappa shape index (κ3) is 4.21. The predicted molar refractivity (Wildman–Crippen MR) is 98.7 cm³/mol. The molecule has 0 radical (unpaired) electrons. The number of carbonyl (C=O) groups excluding carboxylic acids is 1. The van der Waals surface area contributed by atoms with Crippen LogP contribution in [0.2, 0.25) is 0 Å². The largest absolute Gasteiger partial charge is 0.322 e. The second-order valence-electron chi connectivity index (χ2n) is 5.95. The number of rotatable bonds is 6. The van der Waals surface area contributed by atoms with Crippen LogP contribution < -0.4 is 10.0 Å². The van der Waals surface area contributed by atoms with Crippen molar-refractivity contribution in [2.45, 2.75) is 24.8 Å². The fraction of sp³-hybridized carbons (Fsp3) is 0.176. The third-order valence-electron chi connectivity index (χ3n) is 3.86. The SMILES string of the molecule is Cc1nnnn1-c1ccc(F)c(NC(=O)[C@H](C)NS(=O)(=O)c2ccccc2)c1. The lowest BCUT2D eigenvalue weighted by molar-refractivity contribution is -0.117. The third-order valence-corrected chi connectivity index (χ3v) is 5.41. The first kappa shape index (κ1) is 19.6. The molecular weight excluding hydrogens is 387 g/mol. The Bertz CT molecular complexity index is 1100. The Hall–Kier alpha value is -3.18. The molecule has 0 saturated carbocycles. The maximum atomic E-state index is 14.1. The summed E-state index contributed by atoms with van der Waals surface area (Å²) in [7, 11) is -3.89. The van der Waals surface area contributed by atoms with Crippen LogP contribution in [-0.4, -0.2) is 40.6 Å². The van der Waals surface area contributed by atoms with Gasteiger partial charge in [-0.1, -0.05) is 18.2 Å². The molecule has 28 heavy (non-hydrogen) atoms. The van der Waals surface area contributed by atoms with E-state index in [0.717, 1.165) is 6.07 Å². The quantitative estimate of drug-likeness (QED) is 0.641. The Labute approximate surface area is 160 Å². The highest BCUT2D eigenvalue weighted by Gasteiger charge is 2.22. The lowest BCUT2D eigenvalue weighted by atomic mass is 10.2. The van der Waals surface area contributed by atoms with E-state index >= 15 is 0 Å². The van der Waals surface area contributed by atoms with E-state index < -0.39 is 27.8 Å². The number of carbonyl (C=O) groups is 1. The molecule has 3 rings (SSSR count). The molecule has 9 nitrogen and oxygen atoms in total. The summed E-state index contributed by atoms with van der Waals surface area (Å²) in [4.78, 5) is 12.4. The van der Waals surface area contributed by atoms with Crippen molar-refractivity contribution in [2.75, 3.05) is 5.32 Å². The number of aromatic nitrogens is 4. The second-order valence-corrected chi connectivity index (χ2v) is 7.66. The van der Waals surface area contributed by atoms with Crippen LogP contribution in [0.1, 0.15) is 12.7 Å². The number of benzene rings is 2. The molecule has 146 valence electrons. The molecule has 3 aromatic rings. The summed E-state index contributed by atoms with van der Waals surface area (Å²) >= 11 is 0. The Morgan fingerprint density at radius 2 is 1.89 bits per heavy atom. The van der Waals surface area contributed by atoms with Crippen molar-refractivity contribution in [3.05, 3.63) is 60.2 Å². The Morgan fingerprint density at radius 1 is 1.18 bits per heavy atom. The van der Waals surface area contributed by atoms with Gasteiger partial charge in [-0.05, 0) is 54.6 Å². The van der Waals surface area contributed by atoms with Gasteiger partial charge in [-0.2, -0.15) is 9.40 Å². The number of nitrogens with one attached hydrogen (secondary N) is 2. The number of nitrogens with zero attached hydrogens (tertiary/aromatic N) is 4. The Morgan fingerprint density at radius 3 is 2.54 bits per heavy atom. The minimum Gasteiger partial charge on any atom is -0.322 e. The minimum atomic E-state index is -3.89. The zero-order valence-electron chi connectivity index (χ0n) is 15.0. The molecule has 0 bridgehead atoms. The van der Waals surface area contributed by atoms with E-state index in [9.17, 15) is 17.6 Å². The van der Waals surface area contributed by atoms with Crippen LogP contribution in [0, 0.1) is 12.7 Å². The summed E-state index contributed by atoms with van der Waals surface area (Å²) in [5.74, 6) is -0.919. The van der Waals surface area contributed by atoms with Gasteiger partial charge in [-0.15, -0.1) is 5.10 Å². The highest BCUT2D eigenvalue weighted by Crippen LogP contribution is 2.19. The maximum Gasteiger partial charge on any atom is 0.242 e. The molecule has 0 aliphatic rings. The van der Waals surface area contributed by atoms with Gasteiger partial charge in [-0.25, -0.2) is 12.8 Å². The number of amides is 1. The van der Waals surface area contributed by atoms with E-state index in [-0.39, 0.29) is 10.6 Å². The Kier molecular flexibility index (Phi) is 5.47. The van der Waals surface area contributed by atoms with Gasteiger partial charge < -0.3 is 5.32 Å². The van der Waals surface area contributed by atoms with E-state index in [0.29, 0.717) is 11.5 Å². The average molecular weight is 404 g/mol. The van der Waals surface area contributed by atoms with Gasteiger partial charge >= 0.3 is 0 Å². The topological polar surface area (TPSA) is 119 Å². The molecule has 1 atom stereocenters. The number of tetrazole rings is 1. The van der Waals surface area contributed by atoms with Crippen LogP contribution in [0.5, 0.6) is 0 Å². The molecule has 0 fully saturated rings. The van der Waals surface area contributed by atoms with Crippen molar-refractivity contribution in [1.29, 1.82) is 0 Å². The van der Waals surface area contributed by atoms with Crippen LogP contribution in [0.15, 0.2) is 53.4 Å². The molecule has 0 spiro atoms. The van der Waals surface area contributed by atoms with Gasteiger partial charge in [0.15, 0.2) is 5.82 Å². The fourth-order valence-corrected chi connectivity index (χ4v) is 3.63. The maximum absolute atomic E-state index is 14.1. The van der Waals surface area contributed by atoms with E-state index in [4.69, 9.17) is 0 Å². The monoisotopic (exact) mass is 404 g/mol. The van der Waals surface area contributed by atoms with Crippen LogP contribution >= 0.6 is 0 Å². The first-order valence-corrected chi connectivity index (χ1v) is 9.69. The van der Waals surface area contributed by atoms with Gasteiger partial charge in [-0.3, -0.25) is 4.79 Å². The van der Waals surface area contributed by atoms with Crippen molar-refractivity contribution in [3.8, 4) is 5.69 Å². The molecule has 11 heteroatoms. The highest BCUT2D eigenvalue weighted by molar-refractivity contribution is 7.89. The average Bonchev–Trinajstić information content (AvgIpc) is 3.10. The number of hydrogen-bond donors (Lipinski definition) is 2.